The molecule has 0 N–H and O–H groups in total. The van der Waals surface area contributed by atoms with Crippen molar-refractivity contribution in [1.82, 2.24) is 9.55 Å². The summed E-state index contributed by atoms with van der Waals surface area (Å²) in [5, 5.41) is 5.35. The van der Waals surface area contributed by atoms with E-state index in [0.29, 0.717) is 29.4 Å². The fraction of sp³-hybridized carbons (Fsp3) is 0.158. The molecule has 0 saturated heterocycles. The minimum Gasteiger partial charge on any atom is -0.383 e. The van der Waals surface area contributed by atoms with Gasteiger partial charge in [-0.15, -0.1) is 22.7 Å². The SMILES string of the molecule is COCCn1c(-c2ccc(Cl)cc2)nc2scc(-c3cccs3)c2c1=O. The van der Waals surface area contributed by atoms with Crippen LogP contribution in [0.2, 0.25) is 5.02 Å². The van der Waals surface area contributed by atoms with Gasteiger partial charge in [0, 0.05) is 33.5 Å². The molecule has 7 heteroatoms. The molecule has 3 heterocycles. The Morgan fingerprint density at radius 3 is 2.69 bits per heavy atom. The summed E-state index contributed by atoms with van der Waals surface area (Å²) < 4.78 is 6.90. The van der Waals surface area contributed by atoms with Crippen molar-refractivity contribution < 1.29 is 4.74 Å². The molecule has 0 spiro atoms. The number of thiophene rings is 2. The number of nitrogens with zero attached hydrogens (tertiary/aromatic N) is 2. The second-order valence-electron chi connectivity index (χ2n) is 5.70. The summed E-state index contributed by atoms with van der Waals surface area (Å²) in [6, 6.07) is 11.4. The Morgan fingerprint density at radius 2 is 2.00 bits per heavy atom. The molecule has 0 aliphatic carbocycles. The summed E-state index contributed by atoms with van der Waals surface area (Å²) in [5.74, 6) is 0.635. The minimum atomic E-state index is -0.0401. The van der Waals surface area contributed by atoms with Crippen molar-refractivity contribution in [3.05, 3.63) is 62.5 Å². The van der Waals surface area contributed by atoms with Gasteiger partial charge in [-0.25, -0.2) is 4.98 Å². The van der Waals surface area contributed by atoms with Gasteiger partial charge in [0.1, 0.15) is 10.7 Å². The number of hydrogen-bond acceptors (Lipinski definition) is 5. The number of hydrogen-bond donors (Lipinski definition) is 0. The summed E-state index contributed by atoms with van der Waals surface area (Å²) in [6.07, 6.45) is 0. The summed E-state index contributed by atoms with van der Waals surface area (Å²) in [7, 11) is 1.63. The van der Waals surface area contributed by atoms with Gasteiger partial charge in [-0.2, -0.15) is 0 Å². The van der Waals surface area contributed by atoms with Crippen LogP contribution in [0.3, 0.4) is 0 Å². The number of rotatable bonds is 5. The second kappa shape index (κ2) is 7.32. The summed E-state index contributed by atoms with van der Waals surface area (Å²) in [5.41, 5.74) is 1.77. The van der Waals surface area contributed by atoms with Crippen molar-refractivity contribution >= 4 is 44.5 Å². The van der Waals surface area contributed by atoms with Crippen LogP contribution in [0.15, 0.2) is 52.0 Å². The molecule has 26 heavy (non-hydrogen) atoms. The van der Waals surface area contributed by atoms with Crippen LogP contribution in [-0.4, -0.2) is 23.3 Å². The zero-order valence-electron chi connectivity index (χ0n) is 13.9. The van der Waals surface area contributed by atoms with Gasteiger partial charge in [-0.1, -0.05) is 17.7 Å². The Morgan fingerprint density at radius 1 is 1.19 bits per heavy atom. The van der Waals surface area contributed by atoms with E-state index >= 15 is 0 Å². The molecule has 4 rings (SSSR count). The van der Waals surface area contributed by atoms with E-state index in [2.05, 4.69) is 0 Å². The van der Waals surface area contributed by atoms with E-state index in [1.807, 2.05) is 35.0 Å². The maximum Gasteiger partial charge on any atom is 0.263 e. The fourth-order valence-electron chi connectivity index (χ4n) is 2.85. The number of ether oxygens (including phenoxy) is 1. The predicted octanol–water partition coefficient (Wildman–Crippen LogP) is 5.15. The third kappa shape index (κ3) is 3.10. The zero-order chi connectivity index (χ0) is 18.1. The van der Waals surface area contributed by atoms with E-state index in [9.17, 15) is 4.79 Å². The first-order valence-electron chi connectivity index (χ1n) is 8.00. The van der Waals surface area contributed by atoms with Gasteiger partial charge in [-0.3, -0.25) is 9.36 Å². The van der Waals surface area contributed by atoms with Gasteiger partial charge in [0.25, 0.3) is 5.56 Å². The van der Waals surface area contributed by atoms with Crippen molar-refractivity contribution in [3.8, 4) is 21.8 Å². The highest BCUT2D eigenvalue weighted by Gasteiger charge is 2.18. The fourth-order valence-corrected chi connectivity index (χ4v) is 4.72. The van der Waals surface area contributed by atoms with Gasteiger partial charge >= 0.3 is 0 Å². The normalized spacial score (nSPS) is 11.3. The molecule has 0 aliphatic heterocycles. The Bertz CT molecular complexity index is 1100. The van der Waals surface area contributed by atoms with Crippen LogP contribution in [0.4, 0.5) is 0 Å². The lowest BCUT2D eigenvalue weighted by atomic mass is 10.1. The molecule has 0 radical (unpaired) electrons. The Hall–Kier alpha value is -1.99. The minimum absolute atomic E-state index is 0.0401. The average Bonchev–Trinajstić information content (AvgIpc) is 3.31. The summed E-state index contributed by atoms with van der Waals surface area (Å²) in [4.78, 5) is 20.0. The van der Waals surface area contributed by atoms with Crippen LogP contribution in [0.5, 0.6) is 0 Å². The van der Waals surface area contributed by atoms with Crippen molar-refractivity contribution in [2.75, 3.05) is 13.7 Å². The van der Waals surface area contributed by atoms with Gasteiger partial charge < -0.3 is 4.74 Å². The van der Waals surface area contributed by atoms with Crippen molar-refractivity contribution in [1.29, 1.82) is 0 Å². The first-order chi connectivity index (χ1) is 12.7. The van der Waals surface area contributed by atoms with Crippen molar-refractivity contribution in [2.45, 2.75) is 6.54 Å². The highest BCUT2D eigenvalue weighted by Crippen LogP contribution is 2.34. The van der Waals surface area contributed by atoms with Gasteiger partial charge in [0.05, 0.1) is 18.5 Å². The molecule has 0 saturated carbocycles. The van der Waals surface area contributed by atoms with E-state index in [-0.39, 0.29) is 5.56 Å². The smallest absolute Gasteiger partial charge is 0.263 e. The average molecular weight is 403 g/mol. The van der Waals surface area contributed by atoms with Gasteiger partial charge in [0.15, 0.2) is 0 Å². The highest BCUT2D eigenvalue weighted by atomic mass is 35.5. The van der Waals surface area contributed by atoms with E-state index in [0.717, 1.165) is 20.8 Å². The molecule has 0 amide bonds. The zero-order valence-corrected chi connectivity index (χ0v) is 16.3. The largest absolute Gasteiger partial charge is 0.383 e. The lowest BCUT2D eigenvalue weighted by molar-refractivity contribution is 0.186. The van der Waals surface area contributed by atoms with Crippen LogP contribution >= 0.6 is 34.3 Å². The molecular weight excluding hydrogens is 388 g/mol. The van der Waals surface area contributed by atoms with Crippen LogP contribution in [0.1, 0.15) is 0 Å². The molecule has 3 aromatic heterocycles. The lowest BCUT2D eigenvalue weighted by Gasteiger charge is -2.12. The van der Waals surface area contributed by atoms with Crippen molar-refractivity contribution in [3.63, 3.8) is 0 Å². The Balaban J connectivity index is 1.97. The third-order valence-corrected chi connectivity index (χ3v) is 6.13. The van der Waals surface area contributed by atoms with Crippen molar-refractivity contribution in [2.24, 2.45) is 0 Å². The summed E-state index contributed by atoms with van der Waals surface area (Å²) >= 11 is 9.12. The first kappa shape index (κ1) is 17.4. The number of methoxy groups -OCH3 is 1. The monoisotopic (exact) mass is 402 g/mol. The Labute approximate surface area is 163 Å². The van der Waals surface area contributed by atoms with Crippen LogP contribution in [0, 0.1) is 0 Å². The predicted molar refractivity (Wildman–Crippen MR) is 110 cm³/mol. The third-order valence-electron chi connectivity index (χ3n) is 4.10. The lowest BCUT2D eigenvalue weighted by Crippen LogP contribution is -2.25. The topological polar surface area (TPSA) is 44.1 Å². The van der Waals surface area contributed by atoms with Gasteiger partial charge in [-0.05, 0) is 35.7 Å². The number of aromatic nitrogens is 2. The number of halogens is 1. The molecule has 0 fully saturated rings. The first-order valence-corrected chi connectivity index (χ1v) is 10.1. The quantitative estimate of drug-likeness (QED) is 0.463. The highest BCUT2D eigenvalue weighted by molar-refractivity contribution is 7.18. The molecule has 132 valence electrons. The van der Waals surface area contributed by atoms with Crippen LogP contribution < -0.4 is 5.56 Å². The van der Waals surface area contributed by atoms with E-state index in [1.165, 1.54) is 11.3 Å². The van der Waals surface area contributed by atoms with Crippen LogP contribution in [-0.2, 0) is 11.3 Å². The maximum atomic E-state index is 13.3. The molecule has 0 unspecified atom stereocenters. The standard InChI is InChI=1S/C19H15ClN2O2S2/c1-24-9-8-22-17(12-4-6-13(20)7-5-12)21-18-16(19(22)23)14(11-26-18)15-3-2-10-25-15/h2-7,10-11H,8-9H2,1H3. The molecule has 1 aromatic carbocycles. The molecule has 0 bridgehead atoms. The maximum absolute atomic E-state index is 13.3. The molecule has 0 aliphatic rings. The van der Waals surface area contributed by atoms with E-state index < -0.39 is 0 Å². The molecule has 0 atom stereocenters. The van der Waals surface area contributed by atoms with E-state index in [1.54, 1.807) is 35.1 Å². The van der Waals surface area contributed by atoms with Gasteiger partial charge in [0.2, 0.25) is 0 Å². The molecule has 4 nitrogen and oxygen atoms in total. The molecular formula is C19H15ClN2O2S2. The summed E-state index contributed by atoms with van der Waals surface area (Å²) in [6.45, 7) is 0.877. The molecule has 4 aromatic rings. The van der Waals surface area contributed by atoms with Crippen LogP contribution in [0.25, 0.3) is 32.0 Å². The Kier molecular flexibility index (Phi) is 4.91. The second-order valence-corrected chi connectivity index (χ2v) is 7.94. The number of fused-ring (bicyclic) bond motifs is 1. The number of benzene rings is 1. The van der Waals surface area contributed by atoms with E-state index in [4.69, 9.17) is 21.3 Å².